The Balaban J connectivity index is 1.92. The Bertz CT molecular complexity index is 448. The third kappa shape index (κ3) is 3.11. The smallest absolute Gasteiger partial charge is 0.211 e. The zero-order valence-corrected chi connectivity index (χ0v) is 9.93. The Labute approximate surface area is 105 Å². The van der Waals surface area contributed by atoms with Crippen LogP contribution < -0.4 is 27.8 Å². The Morgan fingerprint density at radius 3 is 2.33 bits per heavy atom. The van der Waals surface area contributed by atoms with E-state index in [0.717, 1.165) is 5.69 Å². The molecule has 0 spiro atoms. The van der Waals surface area contributed by atoms with Crippen LogP contribution in [0.3, 0.4) is 0 Å². The molecule has 96 valence electrons. The molecule has 2 rings (SSSR count). The van der Waals surface area contributed by atoms with Crippen LogP contribution in [0.2, 0.25) is 0 Å². The highest BCUT2D eigenvalue weighted by atomic mass is 15.4. The zero-order valence-electron chi connectivity index (χ0n) is 9.93. The summed E-state index contributed by atoms with van der Waals surface area (Å²) in [6.45, 7) is 0.619. The van der Waals surface area contributed by atoms with E-state index in [2.05, 4.69) is 20.6 Å². The highest BCUT2D eigenvalue weighted by molar-refractivity contribution is 5.98. The Kier molecular flexibility index (Phi) is 3.33. The number of aliphatic imine (C=N–C) groups is 2. The first-order valence-electron chi connectivity index (χ1n) is 5.63. The van der Waals surface area contributed by atoms with Crippen molar-refractivity contribution in [1.82, 2.24) is 5.32 Å². The van der Waals surface area contributed by atoms with Crippen molar-refractivity contribution in [3.63, 3.8) is 0 Å². The van der Waals surface area contributed by atoms with E-state index in [0.29, 0.717) is 13.0 Å². The van der Waals surface area contributed by atoms with Gasteiger partial charge in [0.05, 0.1) is 0 Å². The maximum atomic E-state index is 5.99. The summed E-state index contributed by atoms with van der Waals surface area (Å²) in [5.74, 6) is -0.726. The number of nitrogens with zero attached hydrogens (tertiary/aromatic N) is 2. The number of nitrogens with one attached hydrogen (secondary N) is 2. The largest absolute Gasteiger partial charge is 0.385 e. The minimum Gasteiger partial charge on any atom is -0.385 e. The van der Waals surface area contributed by atoms with Gasteiger partial charge in [-0.1, -0.05) is 18.2 Å². The van der Waals surface area contributed by atoms with Crippen LogP contribution in [0.25, 0.3) is 0 Å². The molecule has 0 saturated carbocycles. The number of rotatable bonds is 4. The van der Waals surface area contributed by atoms with Gasteiger partial charge in [-0.15, -0.1) is 0 Å². The summed E-state index contributed by atoms with van der Waals surface area (Å²) in [5, 5.41) is 5.82. The number of hydrogen-bond acceptors (Lipinski definition) is 7. The van der Waals surface area contributed by atoms with Crippen LogP contribution in [0, 0.1) is 0 Å². The standard InChI is InChI=1S/C11H17N7/c12-9-16-10(13)18-11(14,17-9)6-7-15-8-4-2-1-3-5-8/h1-5,15H,6-7,14H2,(H5,12,13,16,17,18). The second-order valence-corrected chi connectivity index (χ2v) is 4.04. The van der Waals surface area contributed by atoms with E-state index in [1.54, 1.807) is 0 Å². The second kappa shape index (κ2) is 4.92. The van der Waals surface area contributed by atoms with Gasteiger partial charge in [0.1, 0.15) is 0 Å². The summed E-state index contributed by atoms with van der Waals surface area (Å²) < 4.78 is 0. The fraction of sp³-hybridized carbons (Fsp3) is 0.273. The van der Waals surface area contributed by atoms with E-state index in [4.69, 9.17) is 17.2 Å². The van der Waals surface area contributed by atoms with Crippen molar-refractivity contribution in [2.75, 3.05) is 11.9 Å². The number of benzene rings is 1. The van der Waals surface area contributed by atoms with Crippen molar-refractivity contribution in [2.45, 2.75) is 12.2 Å². The van der Waals surface area contributed by atoms with Crippen molar-refractivity contribution in [3.8, 4) is 0 Å². The van der Waals surface area contributed by atoms with Gasteiger partial charge in [0.2, 0.25) is 5.79 Å². The second-order valence-electron chi connectivity index (χ2n) is 4.04. The predicted molar refractivity (Wildman–Crippen MR) is 72.8 cm³/mol. The van der Waals surface area contributed by atoms with Crippen LogP contribution in [0.1, 0.15) is 6.42 Å². The SMILES string of the molecule is NC1=NC(N)(CCNc2ccccc2)N=C(N)N1. The topological polar surface area (TPSA) is 127 Å². The quantitative estimate of drug-likeness (QED) is 0.482. The summed E-state index contributed by atoms with van der Waals surface area (Å²) in [7, 11) is 0. The third-order valence-corrected chi connectivity index (χ3v) is 2.48. The molecule has 0 radical (unpaired) electrons. The van der Waals surface area contributed by atoms with Gasteiger partial charge in [0.25, 0.3) is 0 Å². The van der Waals surface area contributed by atoms with Crippen LogP contribution in [0.5, 0.6) is 0 Å². The number of nitrogens with two attached hydrogens (primary N) is 3. The highest BCUT2D eigenvalue weighted by Gasteiger charge is 2.26. The molecule has 1 aliphatic heterocycles. The average Bonchev–Trinajstić information content (AvgIpc) is 2.28. The molecule has 7 heteroatoms. The number of anilines is 1. The lowest BCUT2D eigenvalue weighted by Crippen LogP contribution is -2.53. The molecule has 0 aliphatic carbocycles. The molecule has 0 amide bonds. The molecule has 7 nitrogen and oxygen atoms in total. The predicted octanol–water partition coefficient (Wildman–Crippen LogP) is -0.666. The molecule has 1 heterocycles. The van der Waals surface area contributed by atoms with E-state index in [9.17, 15) is 0 Å². The molecule has 0 saturated heterocycles. The molecule has 0 unspecified atom stereocenters. The number of hydrogen-bond donors (Lipinski definition) is 5. The number of para-hydroxylation sites is 1. The monoisotopic (exact) mass is 247 g/mol. The molecular formula is C11H17N7. The fourth-order valence-corrected chi connectivity index (χ4v) is 1.69. The van der Waals surface area contributed by atoms with Gasteiger partial charge in [-0.2, -0.15) is 0 Å². The zero-order chi connectivity index (χ0) is 13.0. The Hall–Kier alpha value is -2.28. The normalized spacial score (nSPS) is 17.4. The molecule has 1 aliphatic rings. The minimum absolute atomic E-state index is 0.185. The van der Waals surface area contributed by atoms with Gasteiger partial charge in [-0.3, -0.25) is 11.1 Å². The molecule has 18 heavy (non-hydrogen) atoms. The van der Waals surface area contributed by atoms with Crippen LogP contribution >= 0.6 is 0 Å². The average molecular weight is 247 g/mol. The summed E-state index contributed by atoms with van der Waals surface area (Å²) >= 11 is 0. The van der Waals surface area contributed by atoms with Crippen LogP contribution in [-0.2, 0) is 0 Å². The molecule has 1 aromatic rings. The maximum absolute atomic E-state index is 5.99. The minimum atomic E-state index is -1.10. The summed E-state index contributed by atoms with van der Waals surface area (Å²) in [4.78, 5) is 8.10. The third-order valence-electron chi connectivity index (χ3n) is 2.48. The van der Waals surface area contributed by atoms with Gasteiger partial charge in [0, 0.05) is 18.7 Å². The van der Waals surface area contributed by atoms with Crippen molar-refractivity contribution in [3.05, 3.63) is 30.3 Å². The van der Waals surface area contributed by atoms with Gasteiger partial charge < -0.3 is 16.8 Å². The van der Waals surface area contributed by atoms with Crippen LogP contribution in [-0.4, -0.2) is 24.3 Å². The molecular weight excluding hydrogens is 230 g/mol. The van der Waals surface area contributed by atoms with E-state index in [-0.39, 0.29) is 11.9 Å². The van der Waals surface area contributed by atoms with Crippen molar-refractivity contribution < 1.29 is 0 Å². The van der Waals surface area contributed by atoms with E-state index in [1.165, 1.54) is 0 Å². The molecule has 0 atom stereocenters. The van der Waals surface area contributed by atoms with Gasteiger partial charge >= 0.3 is 0 Å². The summed E-state index contributed by atoms with van der Waals surface area (Å²) in [5.41, 5.74) is 18.1. The lowest BCUT2D eigenvalue weighted by molar-refractivity contribution is 0.436. The first-order valence-corrected chi connectivity index (χ1v) is 5.63. The van der Waals surface area contributed by atoms with Crippen molar-refractivity contribution >= 4 is 17.6 Å². The number of guanidine groups is 2. The van der Waals surface area contributed by atoms with E-state index >= 15 is 0 Å². The summed E-state index contributed by atoms with van der Waals surface area (Å²) in [6, 6.07) is 9.81. The summed E-state index contributed by atoms with van der Waals surface area (Å²) in [6.07, 6.45) is 0.491. The molecule has 1 aromatic carbocycles. The van der Waals surface area contributed by atoms with E-state index < -0.39 is 5.79 Å². The molecule has 0 fully saturated rings. The van der Waals surface area contributed by atoms with Crippen molar-refractivity contribution in [1.29, 1.82) is 0 Å². The highest BCUT2D eigenvalue weighted by Crippen LogP contribution is 2.14. The van der Waals surface area contributed by atoms with Crippen LogP contribution in [0.4, 0.5) is 5.69 Å². The first-order chi connectivity index (χ1) is 8.57. The fourth-order valence-electron chi connectivity index (χ4n) is 1.69. The van der Waals surface area contributed by atoms with Gasteiger partial charge in [0.15, 0.2) is 11.9 Å². The van der Waals surface area contributed by atoms with Gasteiger partial charge in [-0.25, -0.2) is 9.98 Å². The van der Waals surface area contributed by atoms with Crippen LogP contribution in [0.15, 0.2) is 40.3 Å². The lowest BCUT2D eigenvalue weighted by atomic mass is 10.2. The maximum Gasteiger partial charge on any atom is 0.211 e. The molecule has 0 aromatic heterocycles. The molecule has 8 N–H and O–H groups in total. The Morgan fingerprint density at radius 2 is 1.72 bits per heavy atom. The van der Waals surface area contributed by atoms with Crippen molar-refractivity contribution in [2.24, 2.45) is 27.2 Å². The molecule has 0 bridgehead atoms. The Morgan fingerprint density at radius 1 is 1.11 bits per heavy atom. The first kappa shape index (κ1) is 12.2. The lowest BCUT2D eigenvalue weighted by Gasteiger charge is -2.26. The van der Waals surface area contributed by atoms with E-state index in [1.807, 2.05) is 30.3 Å². The van der Waals surface area contributed by atoms with Gasteiger partial charge in [-0.05, 0) is 12.1 Å².